The highest BCUT2D eigenvalue weighted by molar-refractivity contribution is 7.26. The summed E-state index contributed by atoms with van der Waals surface area (Å²) in [4.78, 5) is 4.96. The third-order valence-electron chi connectivity index (χ3n) is 6.31. The average Bonchev–Trinajstić information content (AvgIpc) is 3.23. The Morgan fingerprint density at radius 2 is 1.06 bits per heavy atom. The lowest BCUT2D eigenvalue weighted by atomic mass is 9.94. The molecule has 0 N–H and O–H groups in total. The summed E-state index contributed by atoms with van der Waals surface area (Å²) in [6, 6.07) is 34.9. The van der Waals surface area contributed by atoms with E-state index in [1.807, 2.05) is 11.3 Å². The molecular weight excluding hydrogens is 394 g/mol. The second-order valence-electron chi connectivity index (χ2n) is 7.99. The predicted octanol–water partition coefficient (Wildman–Crippen LogP) is 8.58. The molecule has 0 aliphatic carbocycles. The third kappa shape index (κ3) is 2.40. The standard InChI is InChI=1S/C29H17NS/c1-3-10-20-18(8-1)19-9-2-4-11-21(19)26-17-30-27(16-25(20)26)24-14-7-13-23-22-12-5-6-15-28(22)31-29(23)24/h1-17H. The van der Waals surface area contributed by atoms with Gasteiger partial charge in [0, 0.05) is 37.3 Å². The predicted molar refractivity (Wildman–Crippen MR) is 135 cm³/mol. The van der Waals surface area contributed by atoms with E-state index in [4.69, 9.17) is 4.98 Å². The number of benzene rings is 5. The summed E-state index contributed by atoms with van der Waals surface area (Å²) in [5.41, 5.74) is 2.24. The van der Waals surface area contributed by atoms with E-state index in [2.05, 4.69) is 103 Å². The summed E-state index contributed by atoms with van der Waals surface area (Å²) >= 11 is 1.85. The van der Waals surface area contributed by atoms with Gasteiger partial charge in [0.25, 0.3) is 0 Å². The third-order valence-corrected chi connectivity index (χ3v) is 7.53. The van der Waals surface area contributed by atoms with Gasteiger partial charge in [0.1, 0.15) is 0 Å². The summed E-state index contributed by atoms with van der Waals surface area (Å²) in [5.74, 6) is 0. The van der Waals surface area contributed by atoms with Crippen LogP contribution >= 0.6 is 11.3 Å². The van der Waals surface area contributed by atoms with Crippen LogP contribution in [0, 0.1) is 0 Å². The van der Waals surface area contributed by atoms with Crippen LogP contribution in [0.1, 0.15) is 0 Å². The van der Waals surface area contributed by atoms with Crippen molar-refractivity contribution in [1.29, 1.82) is 0 Å². The largest absolute Gasteiger partial charge is 0.256 e. The highest BCUT2D eigenvalue weighted by atomic mass is 32.1. The maximum atomic E-state index is 4.96. The number of pyridine rings is 1. The molecule has 7 rings (SSSR count). The maximum absolute atomic E-state index is 4.96. The van der Waals surface area contributed by atoms with Crippen LogP contribution in [0.25, 0.3) is 63.7 Å². The molecule has 31 heavy (non-hydrogen) atoms. The highest BCUT2D eigenvalue weighted by Crippen LogP contribution is 2.41. The SMILES string of the molecule is c1ccc2c(c1)sc1c(-c3cc4c5ccccc5c5ccccc5c4cn3)cccc12. The zero-order chi connectivity index (χ0) is 20.4. The summed E-state index contributed by atoms with van der Waals surface area (Å²) in [6.07, 6.45) is 2.06. The second kappa shape index (κ2) is 6.37. The van der Waals surface area contributed by atoms with Gasteiger partial charge in [0.15, 0.2) is 0 Å². The Morgan fingerprint density at radius 3 is 1.81 bits per heavy atom. The summed E-state index contributed by atoms with van der Waals surface area (Å²) in [6.45, 7) is 0. The number of hydrogen-bond donors (Lipinski definition) is 0. The van der Waals surface area contributed by atoms with Crippen molar-refractivity contribution in [1.82, 2.24) is 4.98 Å². The molecule has 5 aromatic carbocycles. The smallest absolute Gasteiger partial charge is 0.0723 e. The molecule has 144 valence electrons. The van der Waals surface area contributed by atoms with Crippen LogP contribution in [-0.2, 0) is 0 Å². The molecule has 1 nitrogen and oxygen atoms in total. The first-order valence-corrected chi connectivity index (χ1v) is 11.3. The number of hydrogen-bond acceptors (Lipinski definition) is 2. The van der Waals surface area contributed by atoms with Crippen molar-refractivity contribution in [3.63, 3.8) is 0 Å². The molecular formula is C29H17NS. The Morgan fingerprint density at radius 1 is 0.484 bits per heavy atom. The lowest BCUT2D eigenvalue weighted by Gasteiger charge is -2.11. The molecule has 0 amide bonds. The fourth-order valence-corrected chi connectivity index (χ4v) is 6.12. The van der Waals surface area contributed by atoms with E-state index in [1.165, 1.54) is 58.1 Å². The van der Waals surface area contributed by atoms with Crippen LogP contribution in [0.2, 0.25) is 0 Å². The van der Waals surface area contributed by atoms with Gasteiger partial charge in [-0.25, -0.2) is 0 Å². The van der Waals surface area contributed by atoms with Crippen molar-refractivity contribution in [3.8, 4) is 11.3 Å². The molecule has 0 unspecified atom stereocenters. The molecule has 0 saturated heterocycles. The fraction of sp³-hybridized carbons (Fsp3) is 0. The normalized spacial score (nSPS) is 11.9. The van der Waals surface area contributed by atoms with Crippen LogP contribution in [0.5, 0.6) is 0 Å². The van der Waals surface area contributed by atoms with E-state index in [1.54, 1.807) is 0 Å². The zero-order valence-corrected chi connectivity index (χ0v) is 17.5. The van der Waals surface area contributed by atoms with Crippen molar-refractivity contribution in [2.45, 2.75) is 0 Å². The molecule has 0 aliphatic heterocycles. The van der Waals surface area contributed by atoms with E-state index in [0.29, 0.717) is 0 Å². The lowest BCUT2D eigenvalue weighted by Crippen LogP contribution is -1.88. The highest BCUT2D eigenvalue weighted by Gasteiger charge is 2.13. The van der Waals surface area contributed by atoms with Crippen molar-refractivity contribution in [2.24, 2.45) is 0 Å². The quantitative estimate of drug-likeness (QED) is 0.247. The minimum atomic E-state index is 1.03. The van der Waals surface area contributed by atoms with E-state index < -0.39 is 0 Å². The summed E-state index contributed by atoms with van der Waals surface area (Å²) < 4.78 is 2.63. The van der Waals surface area contributed by atoms with Gasteiger partial charge in [0.2, 0.25) is 0 Å². The first-order valence-electron chi connectivity index (χ1n) is 10.5. The van der Waals surface area contributed by atoms with E-state index in [9.17, 15) is 0 Å². The number of thiophene rings is 1. The lowest BCUT2D eigenvalue weighted by molar-refractivity contribution is 1.37. The van der Waals surface area contributed by atoms with Crippen molar-refractivity contribution >= 4 is 63.8 Å². The van der Waals surface area contributed by atoms with Crippen molar-refractivity contribution in [3.05, 3.63) is 103 Å². The molecule has 2 heterocycles. The van der Waals surface area contributed by atoms with Crippen LogP contribution in [0.15, 0.2) is 103 Å². The Kier molecular flexibility index (Phi) is 3.49. The number of nitrogens with zero attached hydrogens (tertiary/aromatic N) is 1. The summed E-state index contributed by atoms with van der Waals surface area (Å²) in [5, 5.41) is 10.2. The van der Waals surface area contributed by atoms with Gasteiger partial charge < -0.3 is 0 Å². The van der Waals surface area contributed by atoms with Gasteiger partial charge in [-0.15, -0.1) is 11.3 Å². The summed E-state index contributed by atoms with van der Waals surface area (Å²) in [7, 11) is 0. The number of aromatic nitrogens is 1. The molecule has 0 bridgehead atoms. The molecule has 2 aromatic heterocycles. The minimum absolute atomic E-state index is 1.03. The fourth-order valence-electron chi connectivity index (χ4n) is 4.89. The number of rotatable bonds is 1. The molecule has 0 spiro atoms. The first kappa shape index (κ1) is 17.0. The molecule has 0 aliphatic rings. The van der Waals surface area contributed by atoms with Crippen molar-refractivity contribution in [2.75, 3.05) is 0 Å². The molecule has 0 saturated carbocycles. The molecule has 0 fully saturated rings. The van der Waals surface area contributed by atoms with Gasteiger partial charge in [-0.3, -0.25) is 4.98 Å². The van der Waals surface area contributed by atoms with Gasteiger partial charge in [-0.1, -0.05) is 84.9 Å². The maximum Gasteiger partial charge on any atom is 0.0723 e. The van der Waals surface area contributed by atoms with Crippen LogP contribution in [0.3, 0.4) is 0 Å². The van der Waals surface area contributed by atoms with E-state index >= 15 is 0 Å². The van der Waals surface area contributed by atoms with E-state index in [0.717, 1.165) is 5.69 Å². The van der Waals surface area contributed by atoms with Crippen LogP contribution in [0.4, 0.5) is 0 Å². The van der Waals surface area contributed by atoms with Crippen LogP contribution < -0.4 is 0 Å². The van der Waals surface area contributed by atoms with Crippen molar-refractivity contribution < 1.29 is 0 Å². The number of fused-ring (bicyclic) bond motifs is 9. The first-order chi connectivity index (χ1) is 15.4. The van der Waals surface area contributed by atoms with Gasteiger partial charge >= 0.3 is 0 Å². The van der Waals surface area contributed by atoms with Gasteiger partial charge in [0.05, 0.1) is 5.69 Å². The van der Waals surface area contributed by atoms with Crippen LogP contribution in [-0.4, -0.2) is 4.98 Å². The molecule has 2 heteroatoms. The Hall–Kier alpha value is -3.75. The van der Waals surface area contributed by atoms with Gasteiger partial charge in [-0.05, 0) is 39.1 Å². The Bertz CT molecular complexity index is 1760. The Labute approximate surface area is 183 Å². The zero-order valence-electron chi connectivity index (χ0n) is 16.7. The molecule has 0 radical (unpaired) electrons. The minimum Gasteiger partial charge on any atom is -0.256 e. The topological polar surface area (TPSA) is 12.9 Å². The van der Waals surface area contributed by atoms with Gasteiger partial charge in [-0.2, -0.15) is 0 Å². The second-order valence-corrected chi connectivity index (χ2v) is 9.04. The molecule has 0 atom stereocenters. The molecule has 7 aromatic rings. The van der Waals surface area contributed by atoms with E-state index in [-0.39, 0.29) is 0 Å². The average molecular weight is 412 g/mol. The Balaban J connectivity index is 1.60. The monoisotopic (exact) mass is 411 g/mol.